The van der Waals surface area contributed by atoms with Crippen molar-refractivity contribution in [2.75, 3.05) is 6.61 Å². The van der Waals surface area contributed by atoms with Gasteiger partial charge in [-0.25, -0.2) is 9.36 Å². The Balaban J connectivity index is 1.85. The van der Waals surface area contributed by atoms with Crippen LogP contribution in [0.25, 0.3) is 0 Å². The van der Waals surface area contributed by atoms with Crippen LogP contribution in [0.5, 0.6) is 0 Å². The lowest BCUT2D eigenvalue weighted by Crippen LogP contribution is -2.34. The van der Waals surface area contributed by atoms with Gasteiger partial charge in [0.05, 0.1) is 6.61 Å². The van der Waals surface area contributed by atoms with Crippen molar-refractivity contribution in [3.63, 3.8) is 0 Å². The van der Waals surface area contributed by atoms with Gasteiger partial charge in [-0.1, -0.05) is 60.7 Å². The molecule has 0 radical (unpaired) electrons. The van der Waals surface area contributed by atoms with E-state index in [1.165, 1.54) is 0 Å². The molecule has 10 heteroatoms. The van der Waals surface area contributed by atoms with E-state index < -0.39 is 32.6 Å². The molecule has 0 saturated heterocycles. The van der Waals surface area contributed by atoms with Gasteiger partial charge in [-0.2, -0.15) is 0 Å². The summed E-state index contributed by atoms with van der Waals surface area (Å²) in [6, 6.07) is 18.1. The molecule has 0 spiro atoms. The Bertz CT molecular complexity index is 924. The predicted octanol–water partition coefficient (Wildman–Crippen LogP) is 2.03. The van der Waals surface area contributed by atoms with Crippen molar-refractivity contribution < 1.29 is 43.0 Å². The number of rotatable bonds is 10. The second-order valence-electron chi connectivity index (χ2n) is 6.38. The second-order valence-corrected chi connectivity index (χ2v) is 7.58. The largest absolute Gasteiger partial charge is 0.485 e. The summed E-state index contributed by atoms with van der Waals surface area (Å²) in [5, 5.41) is 9.55. The maximum absolute atomic E-state index is 12.4. The van der Waals surface area contributed by atoms with Gasteiger partial charge in [-0.15, -0.1) is 0 Å². The van der Waals surface area contributed by atoms with Gasteiger partial charge >= 0.3 is 13.8 Å². The van der Waals surface area contributed by atoms with Gasteiger partial charge in [0.25, 0.3) is 0 Å². The minimum atomic E-state index is -4.97. The van der Waals surface area contributed by atoms with Crippen LogP contribution >= 0.6 is 7.82 Å². The standard InChI is InChI=1S/C20H21O9P/c21-11-16(29-30(23,24)25)17-18(26-12-14-7-3-1-4-8-14)19(20(22)28-17)27-13-15-9-5-2-6-10-15/h1-10,16-17,21H,11-13H2,(H2,23,24,25)/t16-,17-/m0/s1. The Morgan fingerprint density at radius 3 is 1.97 bits per heavy atom. The molecular formula is C20H21O9P. The Hall–Kier alpha value is -2.68. The van der Waals surface area contributed by atoms with Crippen LogP contribution in [0.1, 0.15) is 11.1 Å². The van der Waals surface area contributed by atoms with Gasteiger partial charge in [0.2, 0.25) is 5.76 Å². The molecule has 0 bridgehead atoms. The van der Waals surface area contributed by atoms with Crippen molar-refractivity contribution in [1.29, 1.82) is 0 Å². The molecule has 0 aliphatic carbocycles. The van der Waals surface area contributed by atoms with Crippen LogP contribution < -0.4 is 0 Å². The van der Waals surface area contributed by atoms with Crippen LogP contribution in [0.2, 0.25) is 0 Å². The van der Waals surface area contributed by atoms with E-state index in [1.54, 1.807) is 36.4 Å². The van der Waals surface area contributed by atoms with Crippen LogP contribution in [0.3, 0.4) is 0 Å². The van der Waals surface area contributed by atoms with E-state index in [4.69, 9.17) is 24.0 Å². The third-order valence-electron chi connectivity index (χ3n) is 4.16. The molecule has 1 aliphatic rings. The second kappa shape index (κ2) is 9.88. The topological polar surface area (TPSA) is 132 Å². The highest BCUT2D eigenvalue weighted by molar-refractivity contribution is 7.46. The predicted molar refractivity (Wildman–Crippen MR) is 103 cm³/mol. The van der Waals surface area contributed by atoms with Crippen LogP contribution in [0, 0.1) is 0 Å². The highest BCUT2D eigenvalue weighted by Crippen LogP contribution is 2.41. The molecule has 160 valence electrons. The summed E-state index contributed by atoms with van der Waals surface area (Å²) in [6.07, 6.45) is -2.93. The summed E-state index contributed by atoms with van der Waals surface area (Å²) in [5.74, 6) is -1.23. The average molecular weight is 436 g/mol. The Labute approximate surface area is 172 Å². The number of esters is 1. The molecule has 0 fully saturated rings. The number of ether oxygens (including phenoxy) is 3. The molecule has 1 heterocycles. The first-order valence-corrected chi connectivity index (χ1v) is 10.5. The maximum Gasteiger partial charge on any atom is 0.470 e. The summed E-state index contributed by atoms with van der Waals surface area (Å²) in [7, 11) is -4.97. The van der Waals surface area contributed by atoms with Crippen molar-refractivity contribution in [3.8, 4) is 0 Å². The quantitative estimate of drug-likeness (QED) is 0.378. The van der Waals surface area contributed by atoms with Gasteiger partial charge in [-0.3, -0.25) is 4.52 Å². The van der Waals surface area contributed by atoms with Crippen LogP contribution in [0.15, 0.2) is 72.2 Å². The zero-order chi connectivity index (χ0) is 21.6. The molecule has 2 aromatic carbocycles. The monoisotopic (exact) mass is 436 g/mol. The minimum absolute atomic E-state index is 0.0373. The number of aliphatic hydroxyl groups is 1. The molecule has 0 aromatic heterocycles. The van der Waals surface area contributed by atoms with E-state index in [2.05, 4.69) is 4.52 Å². The van der Waals surface area contributed by atoms with Crippen molar-refractivity contribution >= 4 is 13.8 Å². The molecule has 2 atom stereocenters. The zero-order valence-electron chi connectivity index (χ0n) is 15.8. The lowest BCUT2D eigenvalue weighted by Gasteiger charge is -2.23. The highest BCUT2D eigenvalue weighted by atomic mass is 31.2. The number of benzene rings is 2. The Morgan fingerprint density at radius 1 is 0.933 bits per heavy atom. The highest BCUT2D eigenvalue weighted by Gasteiger charge is 2.45. The van der Waals surface area contributed by atoms with Gasteiger partial charge in [0.15, 0.2) is 11.9 Å². The van der Waals surface area contributed by atoms with Crippen molar-refractivity contribution in [2.45, 2.75) is 25.4 Å². The fourth-order valence-electron chi connectivity index (χ4n) is 2.80. The molecule has 2 aromatic rings. The molecule has 0 saturated carbocycles. The lowest BCUT2D eigenvalue weighted by molar-refractivity contribution is -0.148. The molecule has 1 aliphatic heterocycles. The average Bonchev–Trinajstić information content (AvgIpc) is 3.05. The van der Waals surface area contributed by atoms with Crippen molar-refractivity contribution in [2.24, 2.45) is 0 Å². The maximum atomic E-state index is 12.4. The smallest absolute Gasteiger partial charge is 0.470 e. The molecule has 3 rings (SSSR count). The van der Waals surface area contributed by atoms with Gasteiger partial charge in [0.1, 0.15) is 19.3 Å². The fourth-order valence-corrected chi connectivity index (χ4v) is 3.33. The lowest BCUT2D eigenvalue weighted by atomic mass is 10.1. The van der Waals surface area contributed by atoms with Gasteiger partial charge < -0.3 is 29.1 Å². The number of carbonyl (C=O) groups is 1. The van der Waals surface area contributed by atoms with Gasteiger partial charge in [-0.05, 0) is 11.1 Å². The van der Waals surface area contributed by atoms with Crippen LogP contribution in [0.4, 0.5) is 0 Å². The Kier molecular flexibility index (Phi) is 7.25. The van der Waals surface area contributed by atoms with E-state index in [1.807, 2.05) is 24.3 Å². The van der Waals surface area contributed by atoms with E-state index in [-0.39, 0.29) is 24.7 Å². The number of phosphoric acid groups is 1. The number of cyclic esters (lactones) is 1. The van der Waals surface area contributed by atoms with E-state index in [0.29, 0.717) is 0 Å². The number of hydrogen-bond acceptors (Lipinski definition) is 7. The van der Waals surface area contributed by atoms with E-state index in [9.17, 15) is 14.5 Å². The first-order valence-electron chi connectivity index (χ1n) is 9.01. The van der Waals surface area contributed by atoms with Crippen LogP contribution in [-0.2, 0) is 41.3 Å². The molecule has 0 amide bonds. The van der Waals surface area contributed by atoms with E-state index in [0.717, 1.165) is 11.1 Å². The summed E-state index contributed by atoms with van der Waals surface area (Å²) < 4.78 is 32.3. The first kappa shape index (κ1) is 22.0. The van der Waals surface area contributed by atoms with Crippen molar-refractivity contribution in [1.82, 2.24) is 0 Å². The molecule has 0 unspecified atom stereocenters. The fraction of sp³-hybridized carbons (Fsp3) is 0.250. The molecule has 3 N–H and O–H groups in total. The molecular weight excluding hydrogens is 415 g/mol. The SMILES string of the molecule is O=C1O[C@@H]([C@H](CO)OP(=O)(O)O)C(OCc2ccccc2)=C1OCc1ccccc1. The number of hydrogen-bond donors (Lipinski definition) is 3. The zero-order valence-corrected chi connectivity index (χ0v) is 16.7. The van der Waals surface area contributed by atoms with Crippen molar-refractivity contribution in [3.05, 3.63) is 83.3 Å². The van der Waals surface area contributed by atoms with Crippen LogP contribution in [-0.4, -0.2) is 39.7 Å². The number of carbonyl (C=O) groups excluding carboxylic acids is 1. The Morgan fingerprint density at radius 2 is 1.47 bits per heavy atom. The number of phosphoric ester groups is 1. The first-order chi connectivity index (χ1) is 14.4. The summed E-state index contributed by atoms with van der Waals surface area (Å²) in [6.45, 7) is -0.748. The summed E-state index contributed by atoms with van der Waals surface area (Å²) in [5.41, 5.74) is 1.57. The summed E-state index contributed by atoms with van der Waals surface area (Å²) >= 11 is 0. The van der Waals surface area contributed by atoms with Gasteiger partial charge in [0, 0.05) is 0 Å². The third kappa shape index (κ3) is 5.91. The number of aliphatic hydroxyl groups excluding tert-OH is 1. The third-order valence-corrected chi connectivity index (χ3v) is 4.70. The summed E-state index contributed by atoms with van der Waals surface area (Å²) in [4.78, 5) is 30.6. The molecule has 30 heavy (non-hydrogen) atoms. The minimum Gasteiger partial charge on any atom is -0.485 e. The molecule has 9 nitrogen and oxygen atoms in total. The normalized spacial score (nSPS) is 17.6. The van der Waals surface area contributed by atoms with E-state index >= 15 is 0 Å².